The highest BCUT2D eigenvalue weighted by Gasteiger charge is 2.12. The topological polar surface area (TPSA) is 41.6 Å². The summed E-state index contributed by atoms with van der Waals surface area (Å²) in [7, 11) is 0. The van der Waals surface area contributed by atoms with Gasteiger partial charge in [-0.25, -0.2) is 4.98 Å². The lowest BCUT2D eigenvalue weighted by Gasteiger charge is -2.05. The number of hydrogen-bond donors (Lipinski definition) is 0. The second-order valence-electron chi connectivity index (χ2n) is 4.10. The van der Waals surface area contributed by atoms with Gasteiger partial charge in [-0.05, 0) is 29.6 Å². The molecule has 19 heavy (non-hydrogen) atoms. The van der Waals surface area contributed by atoms with Crippen molar-refractivity contribution in [2.75, 3.05) is 5.88 Å². The molecule has 2 aromatic heterocycles. The Morgan fingerprint density at radius 2 is 2.26 bits per heavy atom. The van der Waals surface area contributed by atoms with Gasteiger partial charge < -0.3 is 0 Å². The van der Waals surface area contributed by atoms with E-state index in [1.54, 1.807) is 17.4 Å². The lowest BCUT2D eigenvalue weighted by molar-refractivity contribution is 0.915. The van der Waals surface area contributed by atoms with Gasteiger partial charge in [0, 0.05) is 17.7 Å². The van der Waals surface area contributed by atoms with Gasteiger partial charge in [-0.2, -0.15) is 16.6 Å². The van der Waals surface area contributed by atoms with E-state index in [0.717, 1.165) is 22.5 Å². The Kier molecular flexibility index (Phi) is 3.24. The number of fused-ring (bicyclic) bond motifs is 1. The lowest BCUT2D eigenvalue weighted by atomic mass is 10.2. The Bertz CT molecular complexity index is 753. The summed E-state index contributed by atoms with van der Waals surface area (Å²) in [6.45, 7) is 0. The fourth-order valence-corrected chi connectivity index (χ4v) is 2.91. The van der Waals surface area contributed by atoms with E-state index in [1.165, 1.54) is 0 Å². The minimum atomic E-state index is 0.526. The van der Waals surface area contributed by atoms with Crippen LogP contribution in [0.25, 0.3) is 16.7 Å². The summed E-state index contributed by atoms with van der Waals surface area (Å²) in [4.78, 5) is 4.61. The third-order valence-electron chi connectivity index (χ3n) is 2.94. The molecule has 0 aliphatic carbocycles. The summed E-state index contributed by atoms with van der Waals surface area (Å²) in [5.41, 5.74) is 3.56. The van der Waals surface area contributed by atoms with Crippen molar-refractivity contribution < 1.29 is 0 Å². The van der Waals surface area contributed by atoms with Crippen LogP contribution in [-0.4, -0.2) is 15.4 Å². The number of benzene rings is 1. The molecule has 0 bridgehead atoms. The zero-order chi connectivity index (χ0) is 13.2. The molecule has 0 unspecified atom stereocenters. The van der Waals surface area contributed by atoms with Gasteiger partial charge in [-0.15, -0.1) is 11.6 Å². The number of alkyl halides is 1. The van der Waals surface area contributed by atoms with Crippen molar-refractivity contribution in [3.8, 4) is 11.8 Å². The molecular formula is C14H10ClN3S. The summed E-state index contributed by atoms with van der Waals surface area (Å²) >= 11 is 7.49. The number of nitrogens with zero attached hydrogens (tertiary/aromatic N) is 3. The molecule has 3 aromatic rings. The van der Waals surface area contributed by atoms with Crippen LogP contribution >= 0.6 is 22.9 Å². The van der Waals surface area contributed by atoms with E-state index in [4.69, 9.17) is 16.9 Å². The van der Waals surface area contributed by atoms with Crippen LogP contribution in [0.15, 0.2) is 35.0 Å². The maximum Gasteiger partial charge on any atom is 0.115 e. The predicted molar refractivity (Wildman–Crippen MR) is 78.1 cm³/mol. The van der Waals surface area contributed by atoms with Crippen molar-refractivity contribution in [1.29, 1.82) is 5.26 Å². The van der Waals surface area contributed by atoms with E-state index in [1.807, 2.05) is 23.6 Å². The molecule has 0 spiro atoms. The molecule has 0 radical (unpaired) electrons. The Hall–Kier alpha value is -1.83. The number of imidazole rings is 1. The molecule has 0 aliphatic heterocycles. The van der Waals surface area contributed by atoms with E-state index < -0.39 is 0 Å². The average Bonchev–Trinajstić information content (AvgIpc) is 3.04. The minimum absolute atomic E-state index is 0.526. The molecule has 0 saturated heterocycles. The van der Waals surface area contributed by atoms with E-state index in [-0.39, 0.29) is 0 Å². The fraction of sp³-hybridized carbons (Fsp3) is 0.143. The van der Waals surface area contributed by atoms with Crippen molar-refractivity contribution >= 4 is 34.0 Å². The molecular weight excluding hydrogens is 278 g/mol. The molecule has 0 amide bonds. The van der Waals surface area contributed by atoms with Crippen LogP contribution in [0.2, 0.25) is 0 Å². The number of nitriles is 1. The number of aryl methyl sites for hydroxylation is 1. The first-order valence-corrected chi connectivity index (χ1v) is 7.31. The van der Waals surface area contributed by atoms with Gasteiger partial charge in [0.25, 0.3) is 0 Å². The summed E-state index contributed by atoms with van der Waals surface area (Å²) in [6.07, 6.45) is 0.702. The van der Waals surface area contributed by atoms with Crippen molar-refractivity contribution in [3.05, 3.63) is 46.4 Å². The lowest BCUT2D eigenvalue weighted by Crippen LogP contribution is -2.00. The maximum absolute atomic E-state index is 9.03. The van der Waals surface area contributed by atoms with E-state index in [9.17, 15) is 0 Å². The van der Waals surface area contributed by atoms with Gasteiger partial charge >= 0.3 is 0 Å². The molecule has 0 saturated carbocycles. The molecule has 0 fully saturated rings. The number of halogens is 1. The third-order valence-corrected chi connectivity index (χ3v) is 3.80. The first-order chi connectivity index (χ1) is 9.33. The van der Waals surface area contributed by atoms with Crippen molar-refractivity contribution in [3.63, 3.8) is 0 Å². The number of thiophene rings is 1. The normalized spacial score (nSPS) is 10.7. The Morgan fingerprint density at radius 3 is 2.95 bits per heavy atom. The highest BCUT2D eigenvalue weighted by atomic mass is 35.5. The van der Waals surface area contributed by atoms with Crippen LogP contribution < -0.4 is 0 Å². The molecule has 3 rings (SSSR count). The van der Waals surface area contributed by atoms with Gasteiger partial charge in [0.05, 0.1) is 28.4 Å². The summed E-state index contributed by atoms with van der Waals surface area (Å²) < 4.78 is 2.08. The Labute approximate surface area is 119 Å². The molecule has 0 N–H and O–H groups in total. The Morgan fingerprint density at radius 1 is 1.37 bits per heavy atom. The largest absolute Gasteiger partial charge is 0.295 e. The smallest absolute Gasteiger partial charge is 0.115 e. The van der Waals surface area contributed by atoms with Crippen LogP contribution in [-0.2, 0) is 6.42 Å². The second kappa shape index (κ2) is 5.04. The monoisotopic (exact) mass is 287 g/mol. The van der Waals surface area contributed by atoms with Crippen LogP contribution in [0, 0.1) is 11.3 Å². The number of rotatable bonds is 3. The van der Waals surface area contributed by atoms with Crippen LogP contribution in [0.4, 0.5) is 0 Å². The van der Waals surface area contributed by atoms with Gasteiger partial charge in [-0.3, -0.25) is 4.57 Å². The van der Waals surface area contributed by atoms with Crippen LogP contribution in [0.1, 0.15) is 11.4 Å². The van der Waals surface area contributed by atoms with E-state index >= 15 is 0 Å². The van der Waals surface area contributed by atoms with Crippen molar-refractivity contribution in [2.24, 2.45) is 0 Å². The maximum atomic E-state index is 9.03. The first kappa shape index (κ1) is 12.2. The highest BCUT2D eigenvalue weighted by molar-refractivity contribution is 7.08. The minimum Gasteiger partial charge on any atom is -0.295 e. The molecule has 1 aromatic carbocycles. The number of aromatic nitrogens is 2. The van der Waals surface area contributed by atoms with Gasteiger partial charge in [-0.1, -0.05) is 0 Å². The summed E-state index contributed by atoms with van der Waals surface area (Å²) in [5.74, 6) is 1.46. The van der Waals surface area contributed by atoms with Gasteiger partial charge in [0.1, 0.15) is 5.82 Å². The van der Waals surface area contributed by atoms with Crippen LogP contribution in [0.3, 0.4) is 0 Å². The zero-order valence-electron chi connectivity index (χ0n) is 10.0. The molecule has 94 valence electrons. The number of hydrogen-bond acceptors (Lipinski definition) is 3. The predicted octanol–water partition coefficient (Wildman–Crippen LogP) is 3.74. The van der Waals surface area contributed by atoms with Crippen molar-refractivity contribution in [1.82, 2.24) is 9.55 Å². The van der Waals surface area contributed by atoms with Crippen molar-refractivity contribution in [2.45, 2.75) is 6.42 Å². The van der Waals surface area contributed by atoms with Gasteiger partial charge in [0.15, 0.2) is 0 Å². The van der Waals surface area contributed by atoms with Crippen LogP contribution in [0.5, 0.6) is 0 Å². The summed E-state index contributed by atoms with van der Waals surface area (Å²) in [6, 6.07) is 9.76. The SMILES string of the molecule is N#Cc1ccc2nc(CCCl)n(-c3ccsc3)c2c1. The quantitative estimate of drug-likeness (QED) is 0.689. The molecule has 5 heteroatoms. The third kappa shape index (κ3) is 2.12. The summed E-state index contributed by atoms with van der Waals surface area (Å²) in [5, 5.41) is 13.1. The van der Waals surface area contributed by atoms with Gasteiger partial charge in [0.2, 0.25) is 0 Å². The first-order valence-electron chi connectivity index (χ1n) is 5.83. The standard InChI is InChI=1S/C14H10ClN3S/c15-5-3-14-17-12-2-1-10(8-16)7-13(12)18(14)11-4-6-19-9-11/h1-2,4,6-7,9H,3,5H2. The fourth-order valence-electron chi connectivity index (χ4n) is 2.12. The molecule has 3 nitrogen and oxygen atoms in total. The highest BCUT2D eigenvalue weighted by Crippen LogP contribution is 2.24. The average molecular weight is 288 g/mol. The Balaban J connectivity index is 2.31. The zero-order valence-corrected chi connectivity index (χ0v) is 11.6. The van der Waals surface area contributed by atoms with E-state index in [0.29, 0.717) is 17.9 Å². The van der Waals surface area contributed by atoms with E-state index in [2.05, 4.69) is 21.0 Å². The molecule has 0 atom stereocenters. The molecule has 0 aliphatic rings. The second-order valence-corrected chi connectivity index (χ2v) is 5.26. The molecule has 2 heterocycles.